The minimum atomic E-state index is 0.119. The van der Waals surface area contributed by atoms with Gasteiger partial charge in [0.05, 0.1) is 0 Å². The number of allylic oxidation sites excluding steroid dienone is 14. The van der Waals surface area contributed by atoms with E-state index in [9.17, 15) is 0 Å². The fraction of sp³-hybridized carbons (Fsp3) is 0.731. The zero-order chi connectivity index (χ0) is 35.1. The molecule has 0 aromatic rings. The lowest BCUT2D eigenvalue weighted by atomic mass is 9.16. The van der Waals surface area contributed by atoms with Gasteiger partial charge in [-0.2, -0.15) is 0 Å². The third kappa shape index (κ3) is 5.02. The predicted molar refractivity (Wildman–Crippen MR) is 222 cm³/mol. The van der Waals surface area contributed by atoms with Gasteiger partial charge >= 0.3 is 0 Å². The largest absolute Gasteiger partial charge is 0.0847 e. The van der Waals surface area contributed by atoms with Crippen molar-refractivity contribution in [1.29, 1.82) is 0 Å². The molecule has 0 aromatic carbocycles. The summed E-state index contributed by atoms with van der Waals surface area (Å²) in [6, 6.07) is 0. The van der Waals surface area contributed by atoms with Crippen LogP contribution in [0.3, 0.4) is 0 Å². The van der Waals surface area contributed by atoms with E-state index >= 15 is 0 Å². The second kappa shape index (κ2) is 14.7. The van der Waals surface area contributed by atoms with Crippen molar-refractivity contribution in [3.05, 3.63) is 83.1 Å². The molecular formula is C52H74. The molecule has 4 bridgehead atoms. The summed E-state index contributed by atoms with van der Waals surface area (Å²) in [7, 11) is 0. The monoisotopic (exact) mass is 699 g/mol. The first-order chi connectivity index (χ1) is 25.7. The maximum atomic E-state index is 2.98. The third-order valence-electron chi connectivity index (χ3n) is 18.0. The molecule has 0 saturated heterocycles. The Morgan fingerprint density at radius 3 is 2.00 bits per heavy atom. The van der Waals surface area contributed by atoms with Crippen LogP contribution in [0.2, 0.25) is 0 Å². The summed E-state index contributed by atoms with van der Waals surface area (Å²) in [5.74, 6) is 2.66. The van der Waals surface area contributed by atoms with Gasteiger partial charge in [0.2, 0.25) is 0 Å². The van der Waals surface area contributed by atoms with Gasteiger partial charge < -0.3 is 0 Å². The summed E-state index contributed by atoms with van der Waals surface area (Å²) in [5, 5.41) is 0. The highest BCUT2D eigenvalue weighted by Crippen LogP contribution is 2.93. The van der Waals surface area contributed by atoms with E-state index in [1.165, 1.54) is 173 Å². The number of rotatable bonds is 10. The Hall–Kier alpha value is -1.82. The van der Waals surface area contributed by atoms with E-state index in [0.717, 1.165) is 24.2 Å². The minimum absolute atomic E-state index is 0.119. The normalized spacial score (nSPS) is 41.0. The van der Waals surface area contributed by atoms with Crippen LogP contribution in [0.25, 0.3) is 0 Å². The maximum absolute atomic E-state index is 2.98. The van der Waals surface area contributed by atoms with E-state index in [1.807, 2.05) is 22.3 Å². The van der Waals surface area contributed by atoms with E-state index in [4.69, 9.17) is 0 Å². The van der Waals surface area contributed by atoms with Crippen LogP contribution in [0.4, 0.5) is 0 Å². The van der Waals surface area contributed by atoms with Crippen LogP contribution in [0.5, 0.6) is 0 Å². The molecular weight excluding hydrogens is 625 g/mol. The van der Waals surface area contributed by atoms with Crippen molar-refractivity contribution in [2.45, 2.75) is 193 Å². The molecule has 0 nitrogen and oxygen atoms in total. The van der Waals surface area contributed by atoms with Crippen LogP contribution in [-0.2, 0) is 0 Å². The molecule has 6 saturated carbocycles. The number of hydrogen-bond acceptors (Lipinski definition) is 0. The molecule has 0 aromatic heterocycles. The second-order valence-electron chi connectivity index (χ2n) is 20.0. The summed E-state index contributed by atoms with van der Waals surface area (Å²) in [6.07, 6.45) is 68.0. The predicted octanol–water partition coefficient (Wildman–Crippen LogP) is 15.6. The molecule has 6 fully saturated rings. The highest BCUT2D eigenvalue weighted by atomic mass is 14.9. The summed E-state index contributed by atoms with van der Waals surface area (Å²) in [4.78, 5) is 0. The van der Waals surface area contributed by atoms with Crippen molar-refractivity contribution in [2.75, 3.05) is 0 Å². The van der Waals surface area contributed by atoms with Crippen LogP contribution in [0.1, 0.15) is 193 Å². The van der Waals surface area contributed by atoms with Gasteiger partial charge in [-0.05, 0) is 151 Å². The SMILES string of the molecule is CCCCCC12CC3CC(C4=CC=CC=CC4)(C1)C(C1=CC=CCC1)(C1=CCCCC1)C(C1=CCCC1)(C3)C2(C1CCCCCC1)C1CCCCC1. The highest BCUT2D eigenvalue weighted by molar-refractivity contribution is 5.57. The first-order valence-corrected chi connectivity index (χ1v) is 23.5. The van der Waals surface area contributed by atoms with Crippen molar-refractivity contribution < 1.29 is 0 Å². The van der Waals surface area contributed by atoms with Crippen molar-refractivity contribution in [2.24, 2.45) is 44.8 Å². The topological polar surface area (TPSA) is 0 Å². The molecule has 0 aliphatic heterocycles. The summed E-state index contributed by atoms with van der Waals surface area (Å²) in [6.45, 7) is 2.48. The van der Waals surface area contributed by atoms with Crippen LogP contribution >= 0.6 is 0 Å². The lowest BCUT2D eigenvalue weighted by Crippen LogP contribution is -2.81. The Morgan fingerprint density at radius 2 is 1.31 bits per heavy atom. The Bertz CT molecular complexity index is 1520. The molecule has 6 atom stereocenters. The standard InChI is InChI=1S/C52H74/c1-2-3-23-36-48-37-41-38-49(40-48,42-24-11-4-5-12-25-42)52(46-32-17-9-18-33-46,47-34-19-10-20-35-47)50(39-41,43-26-21-22-27-43)51(48,45-30-15-8-16-31-45)44-28-13-6-7-14-29-44/h4-5,9,11-12,17,24,26,32,34,41,44-45H,2-3,6-8,10,13-16,18-23,25,27-31,33,35-40H2,1H3. The molecule has 52 heavy (non-hydrogen) atoms. The fourth-order valence-corrected chi connectivity index (χ4v) is 17.4. The van der Waals surface area contributed by atoms with Crippen LogP contribution < -0.4 is 0 Å². The number of unbranched alkanes of at least 4 members (excludes halogenated alkanes) is 2. The Kier molecular flexibility index (Phi) is 10.1. The van der Waals surface area contributed by atoms with Crippen molar-refractivity contribution in [3.8, 4) is 0 Å². The molecule has 0 heterocycles. The van der Waals surface area contributed by atoms with Gasteiger partial charge in [-0.1, -0.05) is 154 Å². The minimum Gasteiger partial charge on any atom is -0.0847 e. The first-order valence-electron chi connectivity index (χ1n) is 23.5. The van der Waals surface area contributed by atoms with Gasteiger partial charge in [-0.15, -0.1) is 0 Å². The maximum Gasteiger partial charge on any atom is 0.0317 e. The van der Waals surface area contributed by atoms with Crippen LogP contribution in [0.15, 0.2) is 83.1 Å². The first kappa shape index (κ1) is 35.9. The molecule has 0 heteroatoms. The molecule has 6 unspecified atom stereocenters. The molecule has 0 amide bonds. The Labute approximate surface area is 319 Å². The Morgan fingerprint density at radius 1 is 0.577 bits per heavy atom. The number of hydrogen-bond donors (Lipinski definition) is 0. The molecule has 10 aliphatic rings. The lowest BCUT2D eigenvalue weighted by molar-refractivity contribution is -0.339. The van der Waals surface area contributed by atoms with E-state index in [2.05, 4.69) is 67.7 Å². The molecule has 0 N–H and O–H groups in total. The van der Waals surface area contributed by atoms with Gasteiger partial charge in [-0.25, -0.2) is 0 Å². The Balaban J connectivity index is 1.46. The lowest BCUT2D eigenvalue weighted by Gasteiger charge is -2.87. The molecule has 0 spiro atoms. The highest BCUT2D eigenvalue weighted by Gasteiger charge is 2.87. The molecule has 0 radical (unpaired) electrons. The van der Waals surface area contributed by atoms with Gasteiger partial charge in [0, 0.05) is 16.2 Å². The zero-order valence-corrected chi connectivity index (χ0v) is 33.5. The van der Waals surface area contributed by atoms with Crippen molar-refractivity contribution in [1.82, 2.24) is 0 Å². The quantitative estimate of drug-likeness (QED) is 0.121. The third-order valence-corrected chi connectivity index (χ3v) is 18.0. The molecule has 10 rings (SSSR count). The van der Waals surface area contributed by atoms with E-state index < -0.39 is 0 Å². The van der Waals surface area contributed by atoms with Gasteiger partial charge in [0.25, 0.3) is 0 Å². The van der Waals surface area contributed by atoms with Crippen molar-refractivity contribution >= 4 is 0 Å². The smallest absolute Gasteiger partial charge is 0.0317 e. The summed E-state index contributed by atoms with van der Waals surface area (Å²) >= 11 is 0. The van der Waals surface area contributed by atoms with Crippen molar-refractivity contribution in [3.63, 3.8) is 0 Å². The summed E-state index contributed by atoms with van der Waals surface area (Å²) in [5.41, 5.74) is 9.23. The van der Waals surface area contributed by atoms with Gasteiger partial charge in [0.1, 0.15) is 0 Å². The molecule has 10 aliphatic carbocycles. The van der Waals surface area contributed by atoms with E-state index in [1.54, 1.807) is 6.42 Å². The second-order valence-corrected chi connectivity index (χ2v) is 20.0. The zero-order valence-electron chi connectivity index (χ0n) is 33.5. The van der Waals surface area contributed by atoms with E-state index in [0.29, 0.717) is 10.8 Å². The van der Waals surface area contributed by atoms with E-state index in [-0.39, 0.29) is 16.2 Å². The van der Waals surface area contributed by atoms with Gasteiger partial charge in [0.15, 0.2) is 0 Å². The average Bonchev–Trinajstić information content (AvgIpc) is 3.40. The van der Waals surface area contributed by atoms with Crippen LogP contribution in [0, 0.1) is 44.8 Å². The van der Waals surface area contributed by atoms with Gasteiger partial charge in [-0.3, -0.25) is 0 Å². The average molecular weight is 699 g/mol. The van der Waals surface area contributed by atoms with Crippen LogP contribution in [-0.4, -0.2) is 0 Å². The summed E-state index contributed by atoms with van der Waals surface area (Å²) < 4.78 is 0. The molecule has 282 valence electrons. The fourth-order valence-electron chi connectivity index (χ4n) is 17.4.